The number of sulfone groups is 1. The van der Waals surface area contributed by atoms with E-state index in [0.29, 0.717) is 18.6 Å². The maximum Gasteiger partial charge on any atom is 0.309 e. The highest BCUT2D eigenvalue weighted by Crippen LogP contribution is 2.48. The van der Waals surface area contributed by atoms with E-state index in [-0.39, 0.29) is 17.4 Å². The quantitative estimate of drug-likeness (QED) is 0.607. The van der Waals surface area contributed by atoms with E-state index >= 15 is 0 Å². The molecule has 1 N–H and O–H groups in total. The van der Waals surface area contributed by atoms with Crippen LogP contribution in [0.3, 0.4) is 0 Å². The first-order valence-electron chi connectivity index (χ1n) is 10.3. The van der Waals surface area contributed by atoms with Gasteiger partial charge in [-0.25, -0.2) is 13.4 Å². The van der Waals surface area contributed by atoms with Crippen molar-refractivity contribution in [3.63, 3.8) is 0 Å². The summed E-state index contributed by atoms with van der Waals surface area (Å²) in [6.07, 6.45) is 6.00. The molecule has 0 spiro atoms. The number of ether oxygens (including phenoxy) is 1. The Morgan fingerprint density at radius 2 is 1.91 bits per heavy atom. The molecule has 1 unspecified atom stereocenters. The standard InChI is InChI=1S/C22H23F2N3O4S/c1-32(29,30)12-11-18(14-7-8-14)26-19(28)17-13-25-21(22(23,24)15-9-10-15)27-20(17)31-16-5-3-2-4-6-16/h2-6,11-15,18H,7-10H2,1H3,(H,26,28)/b12-11+. The van der Waals surface area contributed by atoms with Crippen molar-refractivity contribution in [3.05, 3.63) is 59.4 Å². The molecule has 1 aromatic heterocycles. The number of carbonyl (C=O) groups is 1. The minimum atomic E-state index is -3.36. The van der Waals surface area contributed by atoms with Gasteiger partial charge in [-0.1, -0.05) is 24.3 Å². The van der Waals surface area contributed by atoms with E-state index in [0.717, 1.165) is 30.7 Å². The molecule has 0 saturated heterocycles. The predicted octanol–water partition coefficient (Wildman–Crippen LogP) is 3.84. The highest BCUT2D eigenvalue weighted by atomic mass is 32.2. The van der Waals surface area contributed by atoms with Gasteiger partial charge in [-0.15, -0.1) is 0 Å². The maximum absolute atomic E-state index is 14.6. The van der Waals surface area contributed by atoms with Crippen molar-refractivity contribution in [1.29, 1.82) is 0 Å². The van der Waals surface area contributed by atoms with E-state index in [4.69, 9.17) is 4.74 Å². The molecule has 1 amide bonds. The summed E-state index contributed by atoms with van der Waals surface area (Å²) in [5.41, 5.74) is -0.109. The molecule has 2 aliphatic rings. The number of halogens is 2. The van der Waals surface area contributed by atoms with Crippen LogP contribution < -0.4 is 10.1 Å². The number of aromatic nitrogens is 2. The van der Waals surface area contributed by atoms with Crippen molar-refractivity contribution in [2.45, 2.75) is 37.6 Å². The summed E-state index contributed by atoms with van der Waals surface area (Å²) < 4.78 is 57.8. The number of hydrogen-bond acceptors (Lipinski definition) is 6. The van der Waals surface area contributed by atoms with E-state index < -0.39 is 39.5 Å². The first-order valence-corrected chi connectivity index (χ1v) is 12.3. The normalized spacial score (nSPS) is 17.8. The van der Waals surface area contributed by atoms with Gasteiger partial charge in [0.2, 0.25) is 11.7 Å². The fourth-order valence-corrected chi connectivity index (χ4v) is 3.68. The van der Waals surface area contributed by atoms with Crippen LogP contribution in [0.2, 0.25) is 0 Å². The highest BCUT2D eigenvalue weighted by Gasteiger charge is 2.50. The minimum absolute atomic E-state index is 0.106. The van der Waals surface area contributed by atoms with Gasteiger partial charge in [0, 0.05) is 23.8 Å². The zero-order valence-electron chi connectivity index (χ0n) is 17.4. The fraction of sp³-hybridized carbons (Fsp3) is 0.409. The molecule has 4 rings (SSSR count). The van der Waals surface area contributed by atoms with Crippen LogP contribution in [0.15, 0.2) is 48.0 Å². The summed E-state index contributed by atoms with van der Waals surface area (Å²) in [6, 6.07) is 7.88. The number of benzene rings is 1. The third-order valence-corrected chi connectivity index (χ3v) is 5.96. The number of alkyl halides is 2. The molecule has 2 aromatic rings. The smallest absolute Gasteiger partial charge is 0.309 e. The molecule has 2 saturated carbocycles. The molecule has 0 aliphatic heterocycles. The van der Waals surface area contributed by atoms with Crippen LogP contribution in [0, 0.1) is 11.8 Å². The van der Waals surface area contributed by atoms with Gasteiger partial charge >= 0.3 is 5.92 Å². The molecule has 170 valence electrons. The lowest BCUT2D eigenvalue weighted by Gasteiger charge is -2.18. The average Bonchev–Trinajstić information content (AvgIpc) is 3.63. The number of hydrogen-bond donors (Lipinski definition) is 1. The Morgan fingerprint density at radius 1 is 1.22 bits per heavy atom. The van der Waals surface area contributed by atoms with E-state index in [1.165, 1.54) is 6.08 Å². The summed E-state index contributed by atoms with van der Waals surface area (Å²) in [4.78, 5) is 20.7. The van der Waals surface area contributed by atoms with Crippen molar-refractivity contribution in [2.75, 3.05) is 6.26 Å². The zero-order valence-corrected chi connectivity index (χ0v) is 18.2. The molecule has 10 heteroatoms. The Labute approximate surface area is 184 Å². The number of nitrogens with one attached hydrogen (secondary N) is 1. The average molecular weight is 464 g/mol. The van der Waals surface area contributed by atoms with Gasteiger partial charge in [0.1, 0.15) is 11.3 Å². The first-order chi connectivity index (χ1) is 15.1. The lowest BCUT2D eigenvalue weighted by molar-refractivity contribution is -0.0379. The first kappa shape index (κ1) is 22.3. The lowest BCUT2D eigenvalue weighted by atomic mass is 10.1. The predicted molar refractivity (Wildman–Crippen MR) is 113 cm³/mol. The van der Waals surface area contributed by atoms with Crippen LogP contribution >= 0.6 is 0 Å². The number of amides is 1. The number of nitrogens with zero attached hydrogens (tertiary/aromatic N) is 2. The van der Waals surface area contributed by atoms with Crippen molar-refractivity contribution >= 4 is 15.7 Å². The third-order valence-electron chi connectivity index (χ3n) is 5.31. The van der Waals surface area contributed by atoms with Crippen molar-refractivity contribution in [3.8, 4) is 11.6 Å². The SMILES string of the molecule is CS(=O)(=O)/C=C/C(NC(=O)c1cnc(C(F)(F)C2CC2)nc1Oc1ccccc1)C1CC1. The topological polar surface area (TPSA) is 98.2 Å². The summed E-state index contributed by atoms with van der Waals surface area (Å²) in [7, 11) is -3.36. The minimum Gasteiger partial charge on any atom is -0.438 e. The second-order valence-corrected chi connectivity index (χ2v) is 10.2. The summed E-state index contributed by atoms with van der Waals surface area (Å²) in [5, 5.41) is 3.80. The molecule has 2 aliphatic carbocycles. The van der Waals surface area contributed by atoms with Crippen LogP contribution in [-0.2, 0) is 15.8 Å². The van der Waals surface area contributed by atoms with Crippen molar-refractivity contribution in [1.82, 2.24) is 15.3 Å². The number of rotatable bonds is 9. The zero-order chi connectivity index (χ0) is 22.9. The molecule has 1 atom stereocenters. The Kier molecular flexibility index (Phi) is 5.98. The monoisotopic (exact) mass is 463 g/mol. The van der Waals surface area contributed by atoms with Crippen LogP contribution in [0.4, 0.5) is 8.78 Å². The van der Waals surface area contributed by atoms with Crippen LogP contribution in [0.5, 0.6) is 11.6 Å². The lowest BCUT2D eigenvalue weighted by Crippen LogP contribution is -2.35. The molecular weight excluding hydrogens is 440 g/mol. The van der Waals surface area contributed by atoms with Crippen LogP contribution in [0.1, 0.15) is 41.9 Å². The number of para-hydroxylation sites is 1. The molecule has 2 fully saturated rings. The molecular formula is C22H23F2N3O4S. The molecule has 1 aromatic carbocycles. The van der Waals surface area contributed by atoms with Gasteiger partial charge in [0.05, 0.1) is 6.04 Å². The van der Waals surface area contributed by atoms with Gasteiger partial charge in [0.15, 0.2) is 9.84 Å². The Bertz CT molecular complexity index is 1130. The van der Waals surface area contributed by atoms with Gasteiger partial charge in [-0.05, 0) is 43.7 Å². The van der Waals surface area contributed by atoms with Crippen LogP contribution in [-0.4, -0.2) is 36.6 Å². The summed E-state index contributed by atoms with van der Waals surface area (Å²) in [6.45, 7) is 0. The second-order valence-electron chi connectivity index (χ2n) is 8.22. The fourth-order valence-electron chi connectivity index (χ4n) is 3.22. The van der Waals surface area contributed by atoms with Crippen molar-refractivity contribution < 1.29 is 26.7 Å². The largest absolute Gasteiger partial charge is 0.438 e. The van der Waals surface area contributed by atoms with Crippen molar-refractivity contribution in [2.24, 2.45) is 11.8 Å². The van der Waals surface area contributed by atoms with E-state index in [1.807, 2.05) is 0 Å². The maximum atomic E-state index is 14.6. The Morgan fingerprint density at radius 3 is 2.50 bits per heavy atom. The van der Waals surface area contributed by atoms with E-state index in [9.17, 15) is 22.0 Å². The highest BCUT2D eigenvalue weighted by molar-refractivity contribution is 7.93. The molecule has 7 nitrogen and oxygen atoms in total. The van der Waals surface area contributed by atoms with E-state index in [1.54, 1.807) is 30.3 Å². The number of carbonyl (C=O) groups excluding carboxylic acids is 1. The van der Waals surface area contributed by atoms with Gasteiger partial charge < -0.3 is 10.1 Å². The molecule has 1 heterocycles. The molecule has 32 heavy (non-hydrogen) atoms. The Balaban J connectivity index is 1.63. The van der Waals surface area contributed by atoms with Gasteiger partial charge in [-0.2, -0.15) is 13.8 Å². The Hall–Kier alpha value is -2.88. The third kappa shape index (κ3) is 5.48. The summed E-state index contributed by atoms with van der Waals surface area (Å²) >= 11 is 0. The summed E-state index contributed by atoms with van der Waals surface area (Å²) in [5.74, 6) is -5.18. The van der Waals surface area contributed by atoms with Crippen LogP contribution in [0.25, 0.3) is 0 Å². The molecule has 0 radical (unpaired) electrons. The molecule has 0 bridgehead atoms. The van der Waals surface area contributed by atoms with E-state index in [2.05, 4.69) is 15.3 Å². The van der Waals surface area contributed by atoms with Gasteiger partial charge in [0.25, 0.3) is 5.91 Å². The second kappa shape index (κ2) is 8.57. The van der Waals surface area contributed by atoms with Gasteiger partial charge in [-0.3, -0.25) is 4.79 Å².